The average molecular weight is 156 g/mol. The Morgan fingerprint density at radius 3 is 3.00 bits per heavy atom. The van der Waals surface area contributed by atoms with E-state index < -0.39 is 0 Å². The van der Waals surface area contributed by atoms with Crippen molar-refractivity contribution in [2.24, 2.45) is 0 Å². The third kappa shape index (κ3) is 3.73. The lowest BCUT2D eigenvalue weighted by Crippen LogP contribution is -2.41. The standard InChI is InChI=1S/C9H20N2/c1-2-6-10-8-9-5-3-4-7-11-9/h9-11H,2-8H2,1H3. The van der Waals surface area contributed by atoms with Gasteiger partial charge in [-0.1, -0.05) is 13.3 Å². The highest BCUT2D eigenvalue weighted by Gasteiger charge is 2.10. The van der Waals surface area contributed by atoms with E-state index >= 15 is 0 Å². The van der Waals surface area contributed by atoms with Gasteiger partial charge >= 0.3 is 0 Å². The predicted molar refractivity (Wildman–Crippen MR) is 48.8 cm³/mol. The molecule has 0 saturated carbocycles. The second kappa shape index (κ2) is 5.56. The highest BCUT2D eigenvalue weighted by Crippen LogP contribution is 2.05. The van der Waals surface area contributed by atoms with Crippen LogP contribution in [0.1, 0.15) is 32.6 Å². The smallest absolute Gasteiger partial charge is 0.0192 e. The molecule has 0 aromatic carbocycles. The minimum atomic E-state index is 0.746. The molecule has 1 saturated heterocycles. The quantitative estimate of drug-likeness (QED) is 0.596. The van der Waals surface area contributed by atoms with Crippen LogP contribution in [0, 0.1) is 0 Å². The van der Waals surface area contributed by atoms with Crippen molar-refractivity contribution in [1.82, 2.24) is 10.6 Å². The molecule has 2 N–H and O–H groups in total. The van der Waals surface area contributed by atoms with Crippen LogP contribution < -0.4 is 10.6 Å². The summed E-state index contributed by atoms with van der Waals surface area (Å²) in [4.78, 5) is 0. The van der Waals surface area contributed by atoms with E-state index in [0.29, 0.717) is 0 Å². The third-order valence-corrected chi connectivity index (χ3v) is 2.23. The van der Waals surface area contributed by atoms with E-state index in [1.165, 1.54) is 32.2 Å². The summed E-state index contributed by atoms with van der Waals surface area (Å²) in [7, 11) is 0. The van der Waals surface area contributed by atoms with Crippen molar-refractivity contribution in [2.75, 3.05) is 19.6 Å². The van der Waals surface area contributed by atoms with Gasteiger partial charge in [0.15, 0.2) is 0 Å². The fraction of sp³-hybridized carbons (Fsp3) is 1.00. The van der Waals surface area contributed by atoms with Gasteiger partial charge in [0, 0.05) is 12.6 Å². The summed E-state index contributed by atoms with van der Waals surface area (Å²) in [5, 5.41) is 6.96. The molecular formula is C9H20N2. The van der Waals surface area contributed by atoms with Crippen molar-refractivity contribution in [3.05, 3.63) is 0 Å². The maximum atomic E-state index is 3.52. The molecule has 1 heterocycles. The molecule has 0 aliphatic carbocycles. The van der Waals surface area contributed by atoms with E-state index in [2.05, 4.69) is 17.6 Å². The van der Waals surface area contributed by atoms with Crippen LogP contribution in [0.5, 0.6) is 0 Å². The fourth-order valence-electron chi connectivity index (χ4n) is 1.55. The first-order chi connectivity index (χ1) is 5.43. The maximum absolute atomic E-state index is 3.52. The summed E-state index contributed by atoms with van der Waals surface area (Å²) in [6, 6.07) is 0.746. The molecule has 66 valence electrons. The van der Waals surface area contributed by atoms with Crippen LogP contribution in [0.15, 0.2) is 0 Å². The molecule has 1 aliphatic rings. The zero-order chi connectivity index (χ0) is 7.94. The van der Waals surface area contributed by atoms with Gasteiger partial charge in [0.05, 0.1) is 0 Å². The molecule has 2 nitrogen and oxygen atoms in total. The lowest BCUT2D eigenvalue weighted by molar-refractivity contribution is 0.384. The topological polar surface area (TPSA) is 24.1 Å². The Morgan fingerprint density at radius 1 is 1.45 bits per heavy atom. The van der Waals surface area contributed by atoms with Gasteiger partial charge in [-0.25, -0.2) is 0 Å². The monoisotopic (exact) mass is 156 g/mol. The van der Waals surface area contributed by atoms with E-state index in [4.69, 9.17) is 0 Å². The number of hydrogen-bond donors (Lipinski definition) is 2. The molecule has 11 heavy (non-hydrogen) atoms. The molecule has 1 unspecified atom stereocenters. The molecule has 0 bridgehead atoms. The first kappa shape index (κ1) is 9.01. The number of hydrogen-bond acceptors (Lipinski definition) is 2. The first-order valence-corrected chi connectivity index (χ1v) is 4.87. The SMILES string of the molecule is CCCNCC1CCCCN1. The predicted octanol–water partition coefficient (Wildman–Crippen LogP) is 1.13. The van der Waals surface area contributed by atoms with Crippen LogP contribution in [0.3, 0.4) is 0 Å². The summed E-state index contributed by atoms with van der Waals surface area (Å²) in [6.07, 6.45) is 5.37. The molecule has 0 amide bonds. The second-order valence-electron chi connectivity index (χ2n) is 3.35. The van der Waals surface area contributed by atoms with E-state index in [1.54, 1.807) is 0 Å². The second-order valence-corrected chi connectivity index (χ2v) is 3.35. The molecule has 1 atom stereocenters. The van der Waals surface area contributed by atoms with Gasteiger partial charge in [0.1, 0.15) is 0 Å². The third-order valence-electron chi connectivity index (χ3n) is 2.23. The van der Waals surface area contributed by atoms with Crippen molar-refractivity contribution in [2.45, 2.75) is 38.6 Å². The van der Waals surface area contributed by atoms with Gasteiger partial charge in [-0.05, 0) is 32.4 Å². The van der Waals surface area contributed by atoms with Crippen molar-refractivity contribution in [3.63, 3.8) is 0 Å². The van der Waals surface area contributed by atoms with Gasteiger partial charge < -0.3 is 10.6 Å². The maximum Gasteiger partial charge on any atom is 0.0192 e. The summed E-state index contributed by atoms with van der Waals surface area (Å²) in [5.74, 6) is 0. The van der Waals surface area contributed by atoms with Crippen LogP contribution in [0.25, 0.3) is 0 Å². The summed E-state index contributed by atoms with van der Waals surface area (Å²) in [5.41, 5.74) is 0. The van der Waals surface area contributed by atoms with Crippen LogP contribution in [0.2, 0.25) is 0 Å². The van der Waals surface area contributed by atoms with Gasteiger partial charge in [-0.15, -0.1) is 0 Å². The molecule has 0 aromatic heterocycles. The molecule has 0 radical (unpaired) electrons. The Kier molecular flexibility index (Phi) is 4.55. The Morgan fingerprint density at radius 2 is 2.36 bits per heavy atom. The lowest BCUT2D eigenvalue weighted by atomic mass is 10.1. The average Bonchev–Trinajstić information content (AvgIpc) is 2.07. The largest absolute Gasteiger partial charge is 0.315 e. The van der Waals surface area contributed by atoms with E-state index in [-0.39, 0.29) is 0 Å². The van der Waals surface area contributed by atoms with Crippen LogP contribution in [-0.4, -0.2) is 25.7 Å². The molecule has 0 aromatic rings. The van der Waals surface area contributed by atoms with Crippen LogP contribution in [-0.2, 0) is 0 Å². The van der Waals surface area contributed by atoms with Crippen LogP contribution in [0.4, 0.5) is 0 Å². The molecule has 1 rings (SSSR count). The zero-order valence-electron chi connectivity index (χ0n) is 7.53. The summed E-state index contributed by atoms with van der Waals surface area (Å²) >= 11 is 0. The molecule has 1 fully saturated rings. The van der Waals surface area contributed by atoms with E-state index in [1.807, 2.05) is 0 Å². The van der Waals surface area contributed by atoms with Gasteiger partial charge in [0.25, 0.3) is 0 Å². The van der Waals surface area contributed by atoms with Crippen molar-refractivity contribution in [3.8, 4) is 0 Å². The molecule has 2 heteroatoms. The normalized spacial score (nSPS) is 25.4. The first-order valence-electron chi connectivity index (χ1n) is 4.87. The lowest BCUT2D eigenvalue weighted by Gasteiger charge is -2.23. The highest BCUT2D eigenvalue weighted by atomic mass is 15.0. The molecule has 0 spiro atoms. The van der Waals surface area contributed by atoms with Gasteiger partial charge in [-0.3, -0.25) is 0 Å². The highest BCUT2D eigenvalue weighted by molar-refractivity contribution is 4.73. The molecular weight excluding hydrogens is 136 g/mol. The summed E-state index contributed by atoms with van der Waals surface area (Å²) < 4.78 is 0. The number of piperidine rings is 1. The molecule has 1 aliphatic heterocycles. The van der Waals surface area contributed by atoms with Gasteiger partial charge in [0.2, 0.25) is 0 Å². The Bertz CT molecular complexity index is 87.6. The van der Waals surface area contributed by atoms with Crippen LogP contribution >= 0.6 is 0 Å². The fourth-order valence-corrected chi connectivity index (χ4v) is 1.55. The van der Waals surface area contributed by atoms with E-state index in [9.17, 15) is 0 Å². The zero-order valence-corrected chi connectivity index (χ0v) is 7.53. The Balaban J connectivity index is 1.96. The minimum absolute atomic E-state index is 0.746. The Hall–Kier alpha value is -0.0800. The van der Waals surface area contributed by atoms with Crippen molar-refractivity contribution >= 4 is 0 Å². The van der Waals surface area contributed by atoms with Gasteiger partial charge in [-0.2, -0.15) is 0 Å². The number of rotatable bonds is 4. The summed E-state index contributed by atoms with van der Waals surface area (Å²) in [6.45, 7) is 5.76. The Labute approximate surface area is 69.8 Å². The van der Waals surface area contributed by atoms with E-state index in [0.717, 1.165) is 19.1 Å². The minimum Gasteiger partial charge on any atom is -0.315 e. The number of nitrogens with one attached hydrogen (secondary N) is 2. The van der Waals surface area contributed by atoms with Crippen molar-refractivity contribution in [1.29, 1.82) is 0 Å². The van der Waals surface area contributed by atoms with Crippen molar-refractivity contribution < 1.29 is 0 Å².